The van der Waals surface area contributed by atoms with Crippen molar-refractivity contribution >= 4 is 7.92 Å². The molecule has 42 valence electrons. The first-order chi connectivity index (χ1) is 3.43. The molecule has 1 rings (SSSR count). The van der Waals surface area contributed by atoms with Gasteiger partial charge in [-0.2, -0.15) is 0 Å². The van der Waals surface area contributed by atoms with Crippen LogP contribution in [-0.4, -0.2) is 18.5 Å². The molecule has 0 aromatic heterocycles. The molecule has 0 saturated carbocycles. The fourth-order valence-electron chi connectivity index (χ4n) is 0.922. The lowest BCUT2D eigenvalue weighted by molar-refractivity contribution is 0.980. The number of hydrogen-bond donors (Lipinski definition) is 0. The van der Waals surface area contributed by atoms with Crippen molar-refractivity contribution in [1.82, 2.24) is 0 Å². The summed E-state index contributed by atoms with van der Waals surface area (Å²) in [6.45, 7) is 2.29. The van der Waals surface area contributed by atoms with E-state index in [1.54, 1.807) is 18.5 Å². The van der Waals surface area contributed by atoms with Gasteiger partial charge >= 0.3 is 0 Å². The summed E-state index contributed by atoms with van der Waals surface area (Å²) in [5, 5.41) is 0. The van der Waals surface area contributed by atoms with Crippen molar-refractivity contribution in [3.8, 4) is 0 Å². The highest BCUT2D eigenvalue weighted by Gasteiger charge is 2.13. The van der Waals surface area contributed by atoms with E-state index in [0.717, 1.165) is 0 Å². The summed E-state index contributed by atoms with van der Waals surface area (Å²) in [6.07, 6.45) is 7.68. The Morgan fingerprint density at radius 3 is 2.29 bits per heavy atom. The van der Waals surface area contributed by atoms with Crippen molar-refractivity contribution in [3.05, 3.63) is 0 Å². The maximum atomic E-state index is 2.29. The Morgan fingerprint density at radius 1 is 1.43 bits per heavy atom. The van der Waals surface area contributed by atoms with Gasteiger partial charge in [-0.25, -0.2) is 0 Å². The second-order valence-corrected chi connectivity index (χ2v) is 4.88. The van der Waals surface area contributed by atoms with Gasteiger partial charge in [-0.15, -0.1) is 7.92 Å². The molecule has 0 unspecified atom stereocenters. The summed E-state index contributed by atoms with van der Waals surface area (Å²) >= 11 is 0. The summed E-state index contributed by atoms with van der Waals surface area (Å²) < 4.78 is 0. The molecule has 1 aliphatic rings. The van der Waals surface area contributed by atoms with Crippen molar-refractivity contribution in [3.63, 3.8) is 0 Å². The molecule has 0 bridgehead atoms. The van der Waals surface area contributed by atoms with Gasteiger partial charge in [0.1, 0.15) is 0 Å². The van der Waals surface area contributed by atoms with Gasteiger partial charge in [0.15, 0.2) is 0 Å². The van der Waals surface area contributed by atoms with Crippen molar-refractivity contribution < 1.29 is 0 Å². The Kier molecular flexibility index (Phi) is 2.12. The van der Waals surface area contributed by atoms with Gasteiger partial charge in [0.25, 0.3) is 0 Å². The summed E-state index contributed by atoms with van der Waals surface area (Å²) in [5.41, 5.74) is 0. The van der Waals surface area contributed by atoms with Gasteiger partial charge < -0.3 is 0 Å². The van der Waals surface area contributed by atoms with E-state index in [2.05, 4.69) is 6.92 Å². The third-order valence-electron chi connectivity index (χ3n) is 1.49. The molecule has 0 nitrogen and oxygen atoms in total. The zero-order chi connectivity index (χ0) is 5.11. The molecule has 0 aromatic rings. The molecule has 0 amide bonds. The molecule has 0 radical (unpaired) electrons. The van der Waals surface area contributed by atoms with E-state index in [9.17, 15) is 0 Å². The third kappa shape index (κ3) is 1.42. The standard InChI is InChI=1S/C6H13P/c1-2-4-7-5-3-6-7/h2-6H2,1H3. The Bertz CT molecular complexity index is 48.1. The topological polar surface area (TPSA) is 0 Å². The monoisotopic (exact) mass is 116 g/mol. The van der Waals surface area contributed by atoms with E-state index < -0.39 is 0 Å². The molecule has 1 aliphatic heterocycles. The van der Waals surface area contributed by atoms with E-state index in [-0.39, 0.29) is 0 Å². The number of rotatable bonds is 2. The molecule has 0 aliphatic carbocycles. The Labute approximate surface area is 47.1 Å². The largest absolute Gasteiger partial charge is 0.107 e. The van der Waals surface area contributed by atoms with E-state index in [1.807, 2.05) is 0 Å². The van der Waals surface area contributed by atoms with Crippen LogP contribution in [0.15, 0.2) is 0 Å². The molecule has 7 heavy (non-hydrogen) atoms. The van der Waals surface area contributed by atoms with Crippen LogP contribution in [0.3, 0.4) is 0 Å². The zero-order valence-electron chi connectivity index (χ0n) is 4.98. The fourth-order valence-corrected chi connectivity index (χ4v) is 2.76. The molecule has 0 aromatic carbocycles. The van der Waals surface area contributed by atoms with Gasteiger partial charge in [-0.1, -0.05) is 13.3 Å². The average molecular weight is 116 g/mol. The maximum absolute atomic E-state index is 2.29. The van der Waals surface area contributed by atoms with Crippen LogP contribution in [0.4, 0.5) is 0 Å². The SMILES string of the molecule is CCCP1CCC1. The molecular formula is C6H13P. The third-order valence-corrected chi connectivity index (χ3v) is 4.47. The first-order valence-corrected chi connectivity index (χ1v) is 5.05. The summed E-state index contributed by atoms with van der Waals surface area (Å²) in [5.74, 6) is 0. The quantitative estimate of drug-likeness (QED) is 0.485. The van der Waals surface area contributed by atoms with Crippen molar-refractivity contribution in [2.75, 3.05) is 18.5 Å². The van der Waals surface area contributed by atoms with Gasteiger partial charge in [0.05, 0.1) is 0 Å². The highest BCUT2D eigenvalue weighted by molar-refractivity contribution is 7.59. The van der Waals surface area contributed by atoms with Gasteiger partial charge in [-0.3, -0.25) is 0 Å². The predicted molar refractivity (Wildman–Crippen MR) is 36.4 cm³/mol. The van der Waals surface area contributed by atoms with E-state index in [0.29, 0.717) is 7.92 Å². The van der Waals surface area contributed by atoms with E-state index >= 15 is 0 Å². The zero-order valence-corrected chi connectivity index (χ0v) is 5.88. The molecule has 1 heterocycles. The minimum atomic E-state index is 0.602. The molecule has 1 heteroatoms. The van der Waals surface area contributed by atoms with Crippen LogP contribution in [-0.2, 0) is 0 Å². The Balaban J connectivity index is 1.93. The van der Waals surface area contributed by atoms with Crippen molar-refractivity contribution in [1.29, 1.82) is 0 Å². The minimum absolute atomic E-state index is 0.602. The second kappa shape index (κ2) is 2.67. The highest BCUT2D eigenvalue weighted by atomic mass is 31.1. The molecule has 1 fully saturated rings. The minimum Gasteiger partial charge on any atom is -0.107 e. The molecule has 1 saturated heterocycles. The molecule has 0 atom stereocenters. The van der Waals surface area contributed by atoms with E-state index in [4.69, 9.17) is 0 Å². The van der Waals surface area contributed by atoms with Crippen molar-refractivity contribution in [2.45, 2.75) is 19.8 Å². The molecular weight excluding hydrogens is 103 g/mol. The summed E-state index contributed by atoms with van der Waals surface area (Å²) in [4.78, 5) is 0. The van der Waals surface area contributed by atoms with E-state index in [1.165, 1.54) is 12.8 Å². The molecule has 0 N–H and O–H groups in total. The van der Waals surface area contributed by atoms with Gasteiger partial charge in [0, 0.05) is 0 Å². The predicted octanol–water partition coefficient (Wildman–Crippen LogP) is 2.28. The van der Waals surface area contributed by atoms with Crippen LogP contribution in [0.2, 0.25) is 0 Å². The van der Waals surface area contributed by atoms with Crippen LogP contribution >= 0.6 is 7.92 Å². The smallest absolute Gasteiger partial charge is 0.0323 e. The highest BCUT2D eigenvalue weighted by Crippen LogP contribution is 2.45. The first kappa shape index (κ1) is 5.56. The lowest BCUT2D eigenvalue weighted by atomic mass is 10.5. The first-order valence-electron chi connectivity index (χ1n) is 3.16. The van der Waals surface area contributed by atoms with Gasteiger partial charge in [0.2, 0.25) is 0 Å². The maximum Gasteiger partial charge on any atom is -0.0323 e. The number of hydrogen-bond acceptors (Lipinski definition) is 0. The fraction of sp³-hybridized carbons (Fsp3) is 1.00. The average Bonchev–Trinajstić information content (AvgIpc) is 1.55. The van der Waals surface area contributed by atoms with Crippen molar-refractivity contribution in [2.24, 2.45) is 0 Å². The molecule has 0 spiro atoms. The van der Waals surface area contributed by atoms with Gasteiger partial charge in [-0.05, 0) is 24.9 Å². The van der Waals surface area contributed by atoms with Crippen LogP contribution < -0.4 is 0 Å². The Hall–Kier alpha value is 0.430. The Morgan fingerprint density at radius 2 is 2.14 bits per heavy atom. The second-order valence-electron chi connectivity index (χ2n) is 2.20. The van der Waals surface area contributed by atoms with Crippen LogP contribution in [0, 0.1) is 0 Å². The van der Waals surface area contributed by atoms with Crippen LogP contribution in [0.25, 0.3) is 0 Å². The lowest BCUT2D eigenvalue weighted by Crippen LogP contribution is -2.05. The van der Waals surface area contributed by atoms with Crippen LogP contribution in [0.5, 0.6) is 0 Å². The summed E-state index contributed by atoms with van der Waals surface area (Å²) in [7, 11) is 0.602. The lowest BCUT2D eigenvalue weighted by Gasteiger charge is -2.25. The normalized spacial score (nSPS) is 21.9. The van der Waals surface area contributed by atoms with Crippen LogP contribution in [0.1, 0.15) is 19.8 Å². The summed E-state index contributed by atoms with van der Waals surface area (Å²) in [6, 6.07) is 0.